The first-order chi connectivity index (χ1) is 13.4. The van der Waals surface area contributed by atoms with Crippen LogP contribution < -0.4 is 9.46 Å². The van der Waals surface area contributed by atoms with E-state index in [1.54, 1.807) is 12.1 Å². The van der Waals surface area contributed by atoms with E-state index in [-0.39, 0.29) is 10.8 Å². The molecule has 28 heavy (non-hydrogen) atoms. The average molecular weight is 424 g/mol. The normalized spacial score (nSPS) is 15.6. The van der Waals surface area contributed by atoms with Gasteiger partial charge in [0.2, 0.25) is 10.0 Å². The van der Waals surface area contributed by atoms with Gasteiger partial charge in [-0.05, 0) is 36.1 Å². The van der Waals surface area contributed by atoms with Gasteiger partial charge in [0.25, 0.3) is 5.91 Å². The van der Waals surface area contributed by atoms with E-state index in [4.69, 9.17) is 4.74 Å². The van der Waals surface area contributed by atoms with Crippen molar-refractivity contribution in [1.29, 1.82) is 0 Å². The van der Waals surface area contributed by atoms with E-state index in [0.29, 0.717) is 31.9 Å². The molecular formula is C19H25N3O4S2. The number of carbonyl (C=O) groups excluding carboxylic acids is 1. The third kappa shape index (κ3) is 4.91. The van der Waals surface area contributed by atoms with Crippen LogP contribution in [0.15, 0.2) is 39.9 Å². The molecule has 1 aromatic heterocycles. The molecule has 1 aliphatic heterocycles. The number of nitrogens with zero attached hydrogens (tertiary/aromatic N) is 2. The van der Waals surface area contributed by atoms with Crippen molar-refractivity contribution in [3.05, 3.63) is 46.2 Å². The lowest BCUT2D eigenvalue weighted by Crippen LogP contribution is -2.50. The number of hydrogen-bond acceptors (Lipinski definition) is 6. The molecular weight excluding hydrogens is 398 g/mol. The zero-order valence-corrected chi connectivity index (χ0v) is 17.7. The smallest absolute Gasteiger partial charge is 0.254 e. The fraction of sp³-hybridized carbons (Fsp3) is 0.421. The van der Waals surface area contributed by atoms with Crippen molar-refractivity contribution in [2.24, 2.45) is 0 Å². The van der Waals surface area contributed by atoms with Crippen LogP contribution in [0.1, 0.15) is 15.9 Å². The molecule has 0 atom stereocenters. The molecule has 0 bridgehead atoms. The summed E-state index contributed by atoms with van der Waals surface area (Å²) in [5.41, 5.74) is 1.59. The highest BCUT2D eigenvalue weighted by Gasteiger charge is 2.23. The van der Waals surface area contributed by atoms with Crippen LogP contribution >= 0.6 is 11.3 Å². The van der Waals surface area contributed by atoms with Crippen LogP contribution in [0.5, 0.6) is 5.75 Å². The molecule has 2 aromatic rings. The number of piperazine rings is 1. The fourth-order valence-electron chi connectivity index (χ4n) is 3.15. The Morgan fingerprint density at radius 2 is 1.96 bits per heavy atom. The Bertz CT molecular complexity index is 905. The number of thiophene rings is 1. The second-order valence-corrected chi connectivity index (χ2v) is 9.21. The van der Waals surface area contributed by atoms with E-state index in [1.165, 1.54) is 18.4 Å². The number of aryl methyl sites for hydroxylation is 1. The minimum atomic E-state index is -3.65. The van der Waals surface area contributed by atoms with Gasteiger partial charge in [-0.1, -0.05) is 6.07 Å². The molecule has 1 saturated heterocycles. The first kappa shape index (κ1) is 20.8. The molecule has 1 N–H and O–H groups in total. The highest BCUT2D eigenvalue weighted by molar-refractivity contribution is 7.89. The number of sulfonamides is 1. The Labute approximate surface area is 170 Å². The lowest BCUT2D eigenvalue weighted by molar-refractivity contribution is 0.0640. The van der Waals surface area contributed by atoms with Crippen molar-refractivity contribution in [3.8, 4) is 5.75 Å². The van der Waals surface area contributed by atoms with Crippen LogP contribution in [-0.4, -0.2) is 70.5 Å². The van der Waals surface area contributed by atoms with Gasteiger partial charge in [-0.2, -0.15) is 11.3 Å². The molecule has 9 heteroatoms. The largest absolute Gasteiger partial charge is 0.495 e. The summed E-state index contributed by atoms with van der Waals surface area (Å²) in [6.07, 6.45) is 0. The molecule has 2 heterocycles. The lowest BCUT2D eigenvalue weighted by atomic mass is 10.2. The standard InChI is InChI=1S/C19H25N3O4S2/c1-15-3-4-17(26-2)18(13-15)28(24,25)20-6-7-21-8-10-22(11-9-21)19(23)16-5-12-27-14-16/h3-5,12-14,20H,6-11H2,1-2H3. The van der Waals surface area contributed by atoms with Crippen LogP contribution in [0.25, 0.3) is 0 Å². The Morgan fingerprint density at radius 3 is 2.61 bits per heavy atom. The number of carbonyl (C=O) groups is 1. The molecule has 1 aliphatic rings. The summed E-state index contributed by atoms with van der Waals surface area (Å²) < 4.78 is 33.1. The molecule has 152 valence electrons. The highest BCUT2D eigenvalue weighted by atomic mass is 32.2. The van der Waals surface area contributed by atoms with Crippen molar-refractivity contribution >= 4 is 27.3 Å². The van der Waals surface area contributed by atoms with Crippen LogP contribution in [-0.2, 0) is 10.0 Å². The van der Waals surface area contributed by atoms with Gasteiger partial charge in [-0.25, -0.2) is 13.1 Å². The van der Waals surface area contributed by atoms with Crippen molar-refractivity contribution in [2.75, 3.05) is 46.4 Å². The van der Waals surface area contributed by atoms with Crippen LogP contribution in [0.2, 0.25) is 0 Å². The van der Waals surface area contributed by atoms with Crippen LogP contribution in [0.3, 0.4) is 0 Å². The summed E-state index contributed by atoms with van der Waals surface area (Å²) in [7, 11) is -2.19. The van der Waals surface area contributed by atoms with Gasteiger partial charge < -0.3 is 9.64 Å². The first-order valence-corrected chi connectivity index (χ1v) is 11.5. The molecule has 0 spiro atoms. The fourth-order valence-corrected chi connectivity index (χ4v) is 5.06. The molecule has 1 amide bonds. The summed E-state index contributed by atoms with van der Waals surface area (Å²) in [6, 6.07) is 6.92. The number of benzene rings is 1. The van der Waals surface area contributed by atoms with Crippen molar-refractivity contribution < 1.29 is 17.9 Å². The summed E-state index contributed by atoms with van der Waals surface area (Å²) >= 11 is 1.52. The van der Waals surface area contributed by atoms with E-state index in [2.05, 4.69) is 9.62 Å². The van der Waals surface area contributed by atoms with E-state index < -0.39 is 10.0 Å². The van der Waals surface area contributed by atoms with Gasteiger partial charge in [0.1, 0.15) is 10.6 Å². The Morgan fingerprint density at radius 1 is 1.21 bits per heavy atom. The molecule has 0 aliphatic carbocycles. The summed E-state index contributed by atoms with van der Waals surface area (Å²) in [5.74, 6) is 0.395. The summed E-state index contributed by atoms with van der Waals surface area (Å²) in [6.45, 7) is 5.48. The highest BCUT2D eigenvalue weighted by Crippen LogP contribution is 2.24. The van der Waals surface area contributed by atoms with Gasteiger partial charge in [0.15, 0.2) is 0 Å². The molecule has 1 fully saturated rings. The Hall–Kier alpha value is -1.94. The molecule has 0 saturated carbocycles. The molecule has 0 unspecified atom stereocenters. The van der Waals surface area contributed by atoms with Gasteiger partial charge in [-0.3, -0.25) is 9.69 Å². The molecule has 3 rings (SSSR count). The number of hydrogen-bond donors (Lipinski definition) is 1. The van der Waals surface area contributed by atoms with E-state index >= 15 is 0 Å². The predicted molar refractivity (Wildman–Crippen MR) is 110 cm³/mol. The number of amides is 1. The van der Waals surface area contributed by atoms with Crippen LogP contribution in [0.4, 0.5) is 0 Å². The maximum Gasteiger partial charge on any atom is 0.254 e. The zero-order chi connectivity index (χ0) is 20.1. The second-order valence-electron chi connectivity index (χ2n) is 6.70. The van der Waals surface area contributed by atoms with E-state index in [1.807, 2.05) is 34.7 Å². The third-order valence-corrected chi connectivity index (χ3v) is 6.92. The maximum absolute atomic E-state index is 12.6. The van der Waals surface area contributed by atoms with E-state index in [0.717, 1.165) is 24.2 Å². The SMILES string of the molecule is COc1ccc(C)cc1S(=O)(=O)NCCN1CCN(C(=O)c2ccsc2)CC1. The molecule has 7 nitrogen and oxygen atoms in total. The topological polar surface area (TPSA) is 79.0 Å². The van der Waals surface area contributed by atoms with Gasteiger partial charge in [0.05, 0.1) is 12.7 Å². The number of ether oxygens (including phenoxy) is 1. The average Bonchev–Trinajstić information content (AvgIpc) is 3.22. The van der Waals surface area contributed by atoms with Gasteiger partial charge >= 0.3 is 0 Å². The lowest BCUT2D eigenvalue weighted by Gasteiger charge is -2.34. The molecule has 1 aromatic carbocycles. The van der Waals surface area contributed by atoms with Crippen molar-refractivity contribution in [1.82, 2.24) is 14.5 Å². The Kier molecular flexibility index (Phi) is 6.71. The van der Waals surface area contributed by atoms with Crippen LogP contribution in [0, 0.1) is 6.92 Å². The van der Waals surface area contributed by atoms with Gasteiger partial charge in [0, 0.05) is 44.6 Å². The minimum absolute atomic E-state index is 0.0631. The summed E-state index contributed by atoms with van der Waals surface area (Å²) in [4.78, 5) is 16.5. The monoisotopic (exact) mass is 423 g/mol. The van der Waals surface area contributed by atoms with Gasteiger partial charge in [-0.15, -0.1) is 0 Å². The number of rotatable bonds is 7. The molecule has 0 radical (unpaired) electrons. The minimum Gasteiger partial charge on any atom is -0.495 e. The quantitative estimate of drug-likeness (QED) is 0.735. The second kappa shape index (κ2) is 9.04. The number of nitrogens with one attached hydrogen (secondary N) is 1. The predicted octanol–water partition coefficient (Wildman–Crippen LogP) is 1.80. The van der Waals surface area contributed by atoms with Crippen molar-refractivity contribution in [3.63, 3.8) is 0 Å². The van der Waals surface area contributed by atoms with Crippen molar-refractivity contribution in [2.45, 2.75) is 11.8 Å². The van der Waals surface area contributed by atoms with E-state index in [9.17, 15) is 13.2 Å². The first-order valence-electron chi connectivity index (χ1n) is 9.09. The summed E-state index contributed by atoms with van der Waals surface area (Å²) in [5, 5.41) is 3.77. The maximum atomic E-state index is 12.6. The third-order valence-electron chi connectivity index (χ3n) is 4.76. The Balaban J connectivity index is 1.49. The number of methoxy groups -OCH3 is 1. The zero-order valence-electron chi connectivity index (χ0n) is 16.1.